The summed E-state index contributed by atoms with van der Waals surface area (Å²) in [6.45, 7) is 2.45. The average molecular weight is 420 g/mol. The molecule has 0 atom stereocenters. The molecule has 0 aliphatic carbocycles. The minimum atomic E-state index is -0.176. The number of esters is 1. The summed E-state index contributed by atoms with van der Waals surface area (Å²) in [5.41, 5.74) is 1.00. The molecule has 3 aromatic rings. The van der Waals surface area contributed by atoms with E-state index in [4.69, 9.17) is 14.2 Å². The van der Waals surface area contributed by atoms with Crippen LogP contribution in [0.15, 0.2) is 84.9 Å². The summed E-state index contributed by atoms with van der Waals surface area (Å²) in [4.78, 5) is 14.0. The van der Waals surface area contributed by atoms with Crippen LogP contribution < -0.4 is 9.47 Å². The molecule has 5 heteroatoms. The smallest absolute Gasteiger partial charge is 0.307 e. The molecule has 0 aliphatic heterocycles. The van der Waals surface area contributed by atoms with Gasteiger partial charge in [0.2, 0.25) is 0 Å². The predicted molar refractivity (Wildman–Crippen MR) is 121 cm³/mol. The molecule has 3 rings (SSSR count). The predicted octanol–water partition coefficient (Wildman–Crippen LogP) is 5.31. The van der Waals surface area contributed by atoms with Crippen molar-refractivity contribution in [1.82, 2.24) is 4.90 Å². The van der Waals surface area contributed by atoms with Crippen molar-refractivity contribution in [1.29, 1.82) is 0 Å². The van der Waals surface area contributed by atoms with Gasteiger partial charge in [0.15, 0.2) is 0 Å². The van der Waals surface area contributed by atoms with Gasteiger partial charge in [-0.2, -0.15) is 0 Å². The van der Waals surface area contributed by atoms with Crippen molar-refractivity contribution in [2.45, 2.75) is 19.4 Å². The maximum Gasteiger partial charge on any atom is 0.307 e. The lowest BCUT2D eigenvalue weighted by molar-refractivity contribution is -0.145. The molecule has 0 fully saturated rings. The zero-order valence-electron chi connectivity index (χ0n) is 17.9. The molecule has 0 saturated heterocycles. The standard InChI is InChI=1S/C26H29NO4/c1-27(19-17-26(28)30-21-22-9-4-2-5-10-22)18-8-20-29-23-13-15-25(16-14-23)31-24-11-6-3-7-12-24/h2-7,9-16H,8,17-21H2,1H3. The lowest BCUT2D eigenvalue weighted by Crippen LogP contribution is -2.24. The summed E-state index contributed by atoms with van der Waals surface area (Å²) >= 11 is 0. The van der Waals surface area contributed by atoms with E-state index in [1.165, 1.54) is 0 Å². The lowest BCUT2D eigenvalue weighted by Gasteiger charge is -2.16. The van der Waals surface area contributed by atoms with Gasteiger partial charge in [0, 0.05) is 13.1 Å². The monoisotopic (exact) mass is 419 g/mol. The summed E-state index contributed by atoms with van der Waals surface area (Å²) in [6, 6.07) is 27.0. The second kappa shape index (κ2) is 12.4. The molecule has 0 amide bonds. The third-order valence-electron chi connectivity index (χ3n) is 4.70. The number of carbonyl (C=O) groups is 1. The molecule has 0 unspecified atom stereocenters. The average Bonchev–Trinajstić information content (AvgIpc) is 2.81. The first kappa shape index (κ1) is 22.4. The van der Waals surface area contributed by atoms with Crippen LogP contribution in [-0.2, 0) is 16.1 Å². The van der Waals surface area contributed by atoms with E-state index in [2.05, 4.69) is 4.90 Å². The first-order chi connectivity index (χ1) is 15.2. The fourth-order valence-corrected chi connectivity index (χ4v) is 2.96. The normalized spacial score (nSPS) is 10.6. The Hall–Kier alpha value is -3.31. The van der Waals surface area contributed by atoms with E-state index in [1.54, 1.807) is 0 Å². The van der Waals surface area contributed by atoms with Crippen LogP contribution in [0.2, 0.25) is 0 Å². The van der Waals surface area contributed by atoms with E-state index < -0.39 is 0 Å². The van der Waals surface area contributed by atoms with Crippen molar-refractivity contribution in [3.8, 4) is 17.2 Å². The van der Waals surface area contributed by atoms with Crippen LogP contribution in [-0.4, -0.2) is 37.6 Å². The topological polar surface area (TPSA) is 48.0 Å². The molecule has 0 bridgehead atoms. The van der Waals surface area contributed by atoms with E-state index in [-0.39, 0.29) is 5.97 Å². The maximum absolute atomic E-state index is 11.9. The molecule has 3 aromatic carbocycles. The summed E-state index contributed by atoms with van der Waals surface area (Å²) in [6.07, 6.45) is 1.25. The van der Waals surface area contributed by atoms with E-state index in [0.717, 1.165) is 35.8 Å². The second-order valence-electron chi connectivity index (χ2n) is 7.29. The molecule has 0 heterocycles. The Morgan fingerprint density at radius 3 is 2.10 bits per heavy atom. The van der Waals surface area contributed by atoms with Gasteiger partial charge in [-0.15, -0.1) is 0 Å². The molecule has 162 valence electrons. The quantitative estimate of drug-likeness (QED) is 0.294. The molecule has 0 spiro atoms. The van der Waals surface area contributed by atoms with Crippen LogP contribution in [0.4, 0.5) is 0 Å². The van der Waals surface area contributed by atoms with Crippen LogP contribution in [0.25, 0.3) is 0 Å². The number of para-hydroxylation sites is 1. The molecule has 0 radical (unpaired) electrons. The minimum absolute atomic E-state index is 0.176. The SMILES string of the molecule is CN(CCCOc1ccc(Oc2ccccc2)cc1)CCC(=O)OCc1ccccc1. The van der Waals surface area contributed by atoms with Gasteiger partial charge in [0.25, 0.3) is 0 Å². The summed E-state index contributed by atoms with van der Waals surface area (Å²) in [5.74, 6) is 2.22. The molecule has 0 saturated carbocycles. The number of rotatable bonds is 12. The molecule has 0 N–H and O–H groups in total. The number of ether oxygens (including phenoxy) is 3. The Bertz CT molecular complexity index is 898. The van der Waals surface area contributed by atoms with Crippen molar-refractivity contribution >= 4 is 5.97 Å². The highest BCUT2D eigenvalue weighted by Crippen LogP contribution is 2.23. The fraction of sp³-hybridized carbons (Fsp3) is 0.269. The van der Waals surface area contributed by atoms with E-state index in [9.17, 15) is 4.79 Å². The van der Waals surface area contributed by atoms with Crippen LogP contribution in [0.5, 0.6) is 17.2 Å². The van der Waals surface area contributed by atoms with Crippen molar-refractivity contribution in [2.75, 3.05) is 26.7 Å². The molecule has 31 heavy (non-hydrogen) atoms. The van der Waals surface area contributed by atoms with Gasteiger partial charge in [-0.05, 0) is 55.4 Å². The first-order valence-corrected chi connectivity index (χ1v) is 10.5. The van der Waals surface area contributed by atoms with Gasteiger partial charge in [-0.3, -0.25) is 4.79 Å². The zero-order valence-corrected chi connectivity index (χ0v) is 17.9. The van der Waals surface area contributed by atoms with Crippen LogP contribution >= 0.6 is 0 Å². The van der Waals surface area contributed by atoms with Crippen LogP contribution in [0.1, 0.15) is 18.4 Å². The van der Waals surface area contributed by atoms with Gasteiger partial charge < -0.3 is 19.1 Å². The van der Waals surface area contributed by atoms with Gasteiger partial charge in [0.05, 0.1) is 13.0 Å². The van der Waals surface area contributed by atoms with Crippen LogP contribution in [0, 0.1) is 0 Å². The Morgan fingerprint density at radius 1 is 0.774 bits per heavy atom. The number of carbonyl (C=O) groups excluding carboxylic acids is 1. The highest BCUT2D eigenvalue weighted by atomic mass is 16.5. The maximum atomic E-state index is 11.9. The number of benzene rings is 3. The summed E-state index contributed by atoms with van der Waals surface area (Å²) < 4.78 is 16.9. The molecule has 5 nitrogen and oxygen atoms in total. The summed E-state index contributed by atoms with van der Waals surface area (Å²) in [7, 11) is 2.00. The minimum Gasteiger partial charge on any atom is -0.494 e. The van der Waals surface area contributed by atoms with Gasteiger partial charge >= 0.3 is 5.97 Å². The Morgan fingerprint density at radius 2 is 1.39 bits per heavy atom. The summed E-state index contributed by atoms with van der Waals surface area (Å²) in [5, 5.41) is 0. The molecular weight excluding hydrogens is 390 g/mol. The highest BCUT2D eigenvalue weighted by molar-refractivity contribution is 5.69. The van der Waals surface area contributed by atoms with Crippen LogP contribution in [0.3, 0.4) is 0 Å². The molecular formula is C26H29NO4. The molecule has 0 aliphatic rings. The van der Waals surface area contributed by atoms with Crippen molar-refractivity contribution < 1.29 is 19.0 Å². The first-order valence-electron chi connectivity index (χ1n) is 10.5. The van der Waals surface area contributed by atoms with E-state index >= 15 is 0 Å². The fourth-order valence-electron chi connectivity index (χ4n) is 2.96. The lowest BCUT2D eigenvalue weighted by atomic mass is 10.2. The largest absolute Gasteiger partial charge is 0.494 e. The van der Waals surface area contributed by atoms with E-state index in [0.29, 0.717) is 26.2 Å². The van der Waals surface area contributed by atoms with Gasteiger partial charge in [-0.1, -0.05) is 48.5 Å². The van der Waals surface area contributed by atoms with Gasteiger partial charge in [-0.25, -0.2) is 0 Å². The van der Waals surface area contributed by atoms with E-state index in [1.807, 2.05) is 92.0 Å². The third-order valence-corrected chi connectivity index (χ3v) is 4.70. The third kappa shape index (κ3) is 8.52. The second-order valence-corrected chi connectivity index (χ2v) is 7.29. The highest BCUT2D eigenvalue weighted by Gasteiger charge is 2.06. The van der Waals surface area contributed by atoms with Gasteiger partial charge in [0.1, 0.15) is 23.9 Å². The van der Waals surface area contributed by atoms with Crippen molar-refractivity contribution in [3.05, 3.63) is 90.5 Å². The zero-order chi connectivity index (χ0) is 21.7. The number of hydrogen-bond donors (Lipinski definition) is 0. The Kier molecular flexibility index (Phi) is 8.95. The number of nitrogens with zero attached hydrogens (tertiary/aromatic N) is 1. The number of hydrogen-bond acceptors (Lipinski definition) is 5. The van der Waals surface area contributed by atoms with Crippen molar-refractivity contribution in [3.63, 3.8) is 0 Å². The Balaban J connectivity index is 1.26. The Labute approximate surface area is 184 Å². The van der Waals surface area contributed by atoms with Crippen molar-refractivity contribution in [2.24, 2.45) is 0 Å². The molecule has 0 aromatic heterocycles.